The lowest BCUT2D eigenvalue weighted by Crippen LogP contribution is -2.50. The van der Waals surface area contributed by atoms with Crippen LogP contribution in [0.4, 0.5) is 5.82 Å². The second-order valence-corrected chi connectivity index (χ2v) is 7.99. The third-order valence-corrected chi connectivity index (χ3v) is 6.40. The van der Waals surface area contributed by atoms with Gasteiger partial charge in [0.1, 0.15) is 11.6 Å². The molecule has 1 N–H and O–H groups in total. The number of sulfonamides is 1. The first kappa shape index (κ1) is 19.1. The summed E-state index contributed by atoms with van der Waals surface area (Å²) in [6.07, 6.45) is 1.57. The normalized spacial score (nSPS) is 15.4. The van der Waals surface area contributed by atoms with Crippen molar-refractivity contribution >= 4 is 21.7 Å². The van der Waals surface area contributed by atoms with E-state index in [2.05, 4.69) is 10.3 Å². The van der Waals surface area contributed by atoms with Crippen molar-refractivity contribution in [1.29, 1.82) is 0 Å². The molecule has 1 aromatic carbocycles. The van der Waals surface area contributed by atoms with Crippen molar-refractivity contribution in [3.63, 3.8) is 0 Å². The van der Waals surface area contributed by atoms with Gasteiger partial charge in [-0.1, -0.05) is 0 Å². The molecule has 1 aliphatic heterocycles. The van der Waals surface area contributed by atoms with Crippen LogP contribution in [0.15, 0.2) is 47.5 Å². The Kier molecular flexibility index (Phi) is 5.62. The largest absolute Gasteiger partial charge is 0.497 e. The van der Waals surface area contributed by atoms with Crippen LogP contribution < -0.4 is 10.1 Å². The minimum absolute atomic E-state index is 0.129. The molecule has 2 heterocycles. The number of methoxy groups -OCH3 is 1. The van der Waals surface area contributed by atoms with Gasteiger partial charge >= 0.3 is 0 Å². The molecule has 1 saturated heterocycles. The number of piperazine rings is 1. The molecular formula is C18H22N4O4S. The number of nitrogens with zero attached hydrogens (tertiary/aromatic N) is 3. The maximum Gasteiger partial charge on any atom is 0.254 e. The van der Waals surface area contributed by atoms with Gasteiger partial charge in [-0.2, -0.15) is 4.31 Å². The molecule has 0 radical (unpaired) electrons. The van der Waals surface area contributed by atoms with Crippen LogP contribution in [0.2, 0.25) is 0 Å². The number of benzene rings is 1. The first-order chi connectivity index (χ1) is 13.0. The van der Waals surface area contributed by atoms with E-state index in [4.69, 9.17) is 4.74 Å². The van der Waals surface area contributed by atoms with E-state index in [1.54, 1.807) is 42.4 Å². The van der Waals surface area contributed by atoms with Gasteiger partial charge < -0.3 is 15.0 Å². The maximum absolute atomic E-state index is 12.8. The molecule has 0 aliphatic carbocycles. The molecule has 9 heteroatoms. The van der Waals surface area contributed by atoms with Crippen LogP contribution >= 0.6 is 0 Å². The van der Waals surface area contributed by atoms with Crippen LogP contribution in [0, 0.1) is 0 Å². The lowest BCUT2D eigenvalue weighted by molar-refractivity contribution is 0.0698. The quantitative estimate of drug-likeness (QED) is 0.827. The number of carbonyl (C=O) groups excluding carboxylic acids is 1. The Morgan fingerprint density at radius 3 is 2.37 bits per heavy atom. The third-order valence-electron chi connectivity index (χ3n) is 4.49. The van der Waals surface area contributed by atoms with Gasteiger partial charge in [0.25, 0.3) is 5.91 Å². The zero-order valence-electron chi connectivity index (χ0n) is 15.3. The van der Waals surface area contributed by atoms with Gasteiger partial charge in [0.05, 0.1) is 12.0 Å². The van der Waals surface area contributed by atoms with E-state index >= 15 is 0 Å². The van der Waals surface area contributed by atoms with Crippen molar-refractivity contribution in [1.82, 2.24) is 14.2 Å². The van der Waals surface area contributed by atoms with Crippen LogP contribution in [-0.2, 0) is 10.0 Å². The number of nitrogens with one attached hydrogen (secondary N) is 1. The Hall–Kier alpha value is -2.65. The van der Waals surface area contributed by atoms with E-state index in [0.29, 0.717) is 30.2 Å². The molecule has 1 fully saturated rings. The Labute approximate surface area is 158 Å². The Morgan fingerprint density at radius 1 is 1.11 bits per heavy atom. The number of carbonyl (C=O) groups is 1. The highest BCUT2D eigenvalue weighted by Crippen LogP contribution is 2.21. The fourth-order valence-corrected chi connectivity index (χ4v) is 4.33. The van der Waals surface area contributed by atoms with E-state index in [-0.39, 0.29) is 23.9 Å². The molecule has 0 unspecified atom stereocenters. The second-order valence-electron chi connectivity index (χ2n) is 6.05. The summed E-state index contributed by atoms with van der Waals surface area (Å²) in [6.45, 7) is 1.19. The first-order valence-corrected chi connectivity index (χ1v) is 9.97. The first-order valence-electron chi connectivity index (χ1n) is 8.53. The van der Waals surface area contributed by atoms with Crippen LogP contribution in [0.25, 0.3) is 0 Å². The van der Waals surface area contributed by atoms with Crippen molar-refractivity contribution in [2.24, 2.45) is 0 Å². The molecule has 1 aromatic heterocycles. The number of amides is 1. The van der Waals surface area contributed by atoms with Gasteiger partial charge in [-0.15, -0.1) is 0 Å². The fourth-order valence-electron chi connectivity index (χ4n) is 2.91. The fraction of sp³-hybridized carbons (Fsp3) is 0.333. The van der Waals surface area contributed by atoms with Crippen LogP contribution in [0.3, 0.4) is 0 Å². The summed E-state index contributed by atoms with van der Waals surface area (Å²) in [5, 5.41) is 2.90. The Balaban J connectivity index is 1.67. The SMILES string of the molecule is CNc1cc(C(=O)N2CCN(S(=O)(=O)c3ccc(OC)cc3)CC2)ccn1. The zero-order valence-corrected chi connectivity index (χ0v) is 16.1. The minimum Gasteiger partial charge on any atom is -0.497 e. The lowest BCUT2D eigenvalue weighted by atomic mass is 10.2. The summed E-state index contributed by atoms with van der Waals surface area (Å²) < 4.78 is 32.0. The van der Waals surface area contributed by atoms with Crippen molar-refractivity contribution in [3.8, 4) is 5.75 Å². The van der Waals surface area contributed by atoms with Crippen molar-refractivity contribution in [3.05, 3.63) is 48.2 Å². The number of pyridine rings is 1. The van der Waals surface area contributed by atoms with E-state index in [9.17, 15) is 13.2 Å². The van der Waals surface area contributed by atoms with E-state index in [1.807, 2.05) is 0 Å². The molecule has 1 aliphatic rings. The average Bonchev–Trinajstić information content (AvgIpc) is 2.73. The molecule has 27 heavy (non-hydrogen) atoms. The van der Waals surface area contributed by atoms with Crippen molar-refractivity contribution < 1.29 is 17.9 Å². The summed E-state index contributed by atoms with van der Waals surface area (Å²) in [7, 11) is -0.326. The second kappa shape index (κ2) is 7.93. The molecular weight excluding hydrogens is 368 g/mol. The molecule has 1 amide bonds. The van der Waals surface area contributed by atoms with Gasteiger partial charge in [0, 0.05) is 45.0 Å². The minimum atomic E-state index is -3.59. The zero-order chi connectivity index (χ0) is 19.4. The van der Waals surface area contributed by atoms with Gasteiger partial charge in [0.15, 0.2) is 0 Å². The highest BCUT2D eigenvalue weighted by Gasteiger charge is 2.30. The molecule has 0 spiro atoms. The molecule has 144 valence electrons. The third kappa shape index (κ3) is 4.04. The molecule has 3 rings (SSSR count). The smallest absolute Gasteiger partial charge is 0.254 e. The highest BCUT2D eigenvalue weighted by atomic mass is 32.2. The number of hydrogen-bond acceptors (Lipinski definition) is 6. The van der Waals surface area contributed by atoms with Gasteiger partial charge in [-0.05, 0) is 36.4 Å². The van der Waals surface area contributed by atoms with Gasteiger partial charge in [0.2, 0.25) is 10.0 Å². The average molecular weight is 390 g/mol. The Bertz CT molecular complexity index is 907. The van der Waals surface area contributed by atoms with Crippen molar-refractivity contribution in [2.45, 2.75) is 4.90 Å². The molecule has 2 aromatic rings. The number of hydrogen-bond donors (Lipinski definition) is 1. The van der Waals surface area contributed by atoms with E-state index < -0.39 is 10.0 Å². The summed E-state index contributed by atoms with van der Waals surface area (Å²) in [5.74, 6) is 1.08. The Morgan fingerprint density at radius 2 is 1.78 bits per heavy atom. The lowest BCUT2D eigenvalue weighted by Gasteiger charge is -2.34. The van der Waals surface area contributed by atoms with Crippen molar-refractivity contribution in [2.75, 3.05) is 45.7 Å². The summed E-state index contributed by atoms with van der Waals surface area (Å²) in [5.41, 5.74) is 0.529. The highest BCUT2D eigenvalue weighted by molar-refractivity contribution is 7.89. The van der Waals surface area contributed by atoms with Crippen LogP contribution in [0.1, 0.15) is 10.4 Å². The molecule has 0 bridgehead atoms. The number of ether oxygens (including phenoxy) is 1. The molecule has 0 atom stereocenters. The van der Waals surface area contributed by atoms with Gasteiger partial charge in [-0.3, -0.25) is 4.79 Å². The van der Waals surface area contributed by atoms with Crippen LogP contribution in [0.5, 0.6) is 5.75 Å². The predicted molar refractivity (Wildman–Crippen MR) is 101 cm³/mol. The number of rotatable bonds is 5. The maximum atomic E-state index is 12.8. The standard InChI is InChI=1S/C18H22N4O4S/c1-19-17-13-14(7-8-20-17)18(23)21-9-11-22(12-10-21)27(24,25)16-5-3-15(26-2)4-6-16/h3-8,13H,9-12H2,1-2H3,(H,19,20). The van der Waals surface area contributed by atoms with E-state index in [0.717, 1.165) is 0 Å². The topological polar surface area (TPSA) is 91.8 Å². The number of anilines is 1. The van der Waals surface area contributed by atoms with Gasteiger partial charge in [-0.25, -0.2) is 13.4 Å². The summed E-state index contributed by atoms with van der Waals surface area (Å²) in [4.78, 5) is 18.6. The summed E-state index contributed by atoms with van der Waals surface area (Å²) >= 11 is 0. The number of aromatic nitrogens is 1. The molecule has 0 saturated carbocycles. The van der Waals surface area contributed by atoms with E-state index in [1.165, 1.54) is 23.5 Å². The predicted octanol–water partition coefficient (Wildman–Crippen LogP) is 1.28. The molecule has 8 nitrogen and oxygen atoms in total. The van der Waals surface area contributed by atoms with Crippen LogP contribution in [-0.4, -0.2) is 68.9 Å². The monoisotopic (exact) mass is 390 g/mol. The summed E-state index contributed by atoms with van der Waals surface area (Å²) in [6, 6.07) is 9.64.